The van der Waals surface area contributed by atoms with Crippen molar-refractivity contribution in [1.29, 1.82) is 0 Å². The Labute approximate surface area is 104 Å². The maximum atomic E-state index is 4.74. The summed E-state index contributed by atoms with van der Waals surface area (Å²) < 4.78 is 0. The molecule has 0 aromatic carbocycles. The van der Waals surface area contributed by atoms with E-state index < -0.39 is 0 Å². The van der Waals surface area contributed by atoms with Gasteiger partial charge < -0.3 is 0 Å². The van der Waals surface area contributed by atoms with Crippen LogP contribution < -0.4 is 0 Å². The van der Waals surface area contributed by atoms with E-state index in [2.05, 4.69) is 44.8 Å². The van der Waals surface area contributed by atoms with Gasteiger partial charge in [0.2, 0.25) is 0 Å². The molecule has 0 aliphatic carbocycles. The average molecular weight is 228 g/mol. The maximum absolute atomic E-state index is 4.74. The molecule has 17 heavy (non-hydrogen) atoms. The molecule has 2 heteroatoms. The highest BCUT2D eigenvalue weighted by atomic mass is 14.8. The number of nitrogens with zero attached hydrogens (tertiary/aromatic N) is 2. The Kier molecular flexibility index (Phi) is 3.14. The fourth-order valence-corrected chi connectivity index (χ4v) is 2.09. The van der Waals surface area contributed by atoms with E-state index >= 15 is 0 Å². The predicted octanol–water partition coefficient (Wildman–Crippen LogP) is 3.49. The summed E-state index contributed by atoms with van der Waals surface area (Å²) in [7, 11) is 0. The lowest BCUT2D eigenvalue weighted by Crippen LogP contribution is -2.24. The first-order chi connectivity index (χ1) is 7.98. The van der Waals surface area contributed by atoms with Crippen LogP contribution >= 0.6 is 0 Å². The van der Waals surface area contributed by atoms with Crippen LogP contribution in [-0.4, -0.2) is 17.2 Å². The molecule has 0 bridgehead atoms. The van der Waals surface area contributed by atoms with Crippen LogP contribution in [0.2, 0.25) is 0 Å². The van der Waals surface area contributed by atoms with E-state index in [1.54, 1.807) is 6.20 Å². The van der Waals surface area contributed by atoms with Crippen LogP contribution in [0.1, 0.15) is 33.3 Å². The van der Waals surface area contributed by atoms with E-state index in [4.69, 9.17) is 4.99 Å². The molecule has 0 saturated heterocycles. The largest absolute Gasteiger partial charge is 0.284 e. The highest BCUT2D eigenvalue weighted by Gasteiger charge is 2.26. The Morgan fingerprint density at radius 1 is 1.29 bits per heavy atom. The van der Waals surface area contributed by atoms with Crippen LogP contribution in [0.25, 0.3) is 0 Å². The molecule has 1 aromatic rings. The third-order valence-electron chi connectivity index (χ3n) is 2.99. The first-order valence-electron chi connectivity index (χ1n) is 6.16. The van der Waals surface area contributed by atoms with Crippen molar-refractivity contribution in [2.75, 3.05) is 6.54 Å². The van der Waals surface area contributed by atoms with Crippen molar-refractivity contribution in [2.45, 2.75) is 27.7 Å². The molecule has 2 rings (SSSR count). The summed E-state index contributed by atoms with van der Waals surface area (Å²) in [4.78, 5) is 8.92. The lowest BCUT2D eigenvalue weighted by molar-refractivity contribution is 0.512. The third-order valence-corrected chi connectivity index (χ3v) is 2.99. The first kappa shape index (κ1) is 12.0. The molecule has 1 atom stereocenters. The van der Waals surface area contributed by atoms with E-state index in [1.807, 2.05) is 12.3 Å². The van der Waals surface area contributed by atoms with Crippen molar-refractivity contribution in [3.05, 3.63) is 41.7 Å². The number of aromatic nitrogens is 1. The molecule has 1 aliphatic rings. The standard InChI is InChI=1S/C15H20N2/c1-11-8-13(15(2,3)4)14(17-9-11)12-6-5-7-16-10-12/h5-8,10-11H,9H2,1-4H3. The summed E-state index contributed by atoms with van der Waals surface area (Å²) in [6.07, 6.45) is 6.06. The summed E-state index contributed by atoms with van der Waals surface area (Å²) >= 11 is 0. The maximum Gasteiger partial charge on any atom is 0.0696 e. The van der Waals surface area contributed by atoms with E-state index in [9.17, 15) is 0 Å². The van der Waals surface area contributed by atoms with Crippen LogP contribution in [0.5, 0.6) is 0 Å². The van der Waals surface area contributed by atoms with Gasteiger partial charge in [-0.25, -0.2) is 0 Å². The number of allylic oxidation sites excluding steroid dienone is 1. The van der Waals surface area contributed by atoms with Gasteiger partial charge in [-0.2, -0.15) is 0 Å². The number of rotatable bonds is 1. The molecule has 1 aliphatic heterocycles. The topological polar surface area (TPSA) is 25.2 Å². The van der Waals surface area contributed by atoms with Crippen LogP contribution in [0, 0.1) is 11.3 Å². The minimum Gasteiger partial charge on any atom is -0.284 e. The van der Waals surface area contributed by atoms with Crippen molar-refractivity contribution in [1.82, 2.24) is 4.98 Å². The minimum atomic E-state index is 0.128. The van der Waals surface area contributed by atoms with Gasteiger partial charge >= 0.3 is 0 Å². The summed E-state index contributed by atoms with van der Waals surface area (Å²) in [6.45, 7) is 9.81. The van der Waals surface area contributed by atoms with Crippen molar-refractivity contribution in [2.24, 2.45) is 16.3 Å². The molecule has 2 nitrogen and oxygen atoms in total. The van der Waals surface area contributed by atoms with Gasteiger partial charge in [0, 0.05) is 24.5 Å². The number of dihydropyridines is 1. The Morgan fingerprint density at radius 2 is 2.06 bits per heavy atom. The summed E-state index contributed by atoms with van der Waals surface area (Å²) in [5.41, 5.74) is 3.71. The number of aliphatic imine (C=N–C) groups is 1. The van der Waals surface area contributed by atoms with Crippen LogP contribution in [-0.2, 0) is 0 Å². The minimum absolute atomic E-state index is 0.128. The molecule has 0 amide bonds. The van der Waals surface area contributed by atoms with Gasteiger partial charge in [-0.3, -0.25) is 9.98 Å². The molecule has 1 unspecified atom stereocenters. The Morgan fingerprint density at radius 3 is 2.65 bits per heavy atom. The first-order valence-corrected chi connectivity index (χ1v) is 6.16. The predicted molar refractivity (Wildman–Crippen MR) is 72.3 cm³/mol. The fraction of sp³-hybridized carbons (Fsp3) is 0.467. The van der Waals surface area contributed by atoms with Crippen molar-refractivity contribution in [3.8, 4) is 0 Å². The number of hydrogen-bond donors (Lipinski definition) is 0. The fourth-order valence-electron chi connectivity index (χ4n) is 2.09. The lowest BCUT2D eigenvalue weighted by Gasteiger charge is -2.29. The summed E-state index contributed by atoms with van der Waals surface area (Å²) in [5.74, 6) is 0.532. The molecule has 0 N–H and O–H groups in total. The quantitative estimate of drug-likeness (QED) is 0.722. The van der Waals surface area contributed by atoms with Gasteiger partial charge in [-0.05, 0) is 29.0 Å². The van der Waals surface area contributed by atoms with E-state index in [0.29, 0.717) is 5.92 Å². The Hall–Kier alpha value is -1.44. The van der Waals surface area contributed by atoms with Gasteiger partial charge in [0.1, 0.15) is 0 Å². The van der Waals surface area contributed by atoms with Crippen LogP contribution in [0.3, 0.4) is 0 Å². The third kappa shape index (κ3) is 2.63. The van der Waals surface area contributed by atoms with Crippen LogP contribution in [0.4, 0.5) is 0 Å². The van der Waals surface area contributed by atoms with Crippen LogP contribution in [0.15, 0.2) is 41.2 Å². The number of hydrogen-bond acceptors (Lipinski definition) is 2. The number of pyridine rings is 1. The molecule has 0 spiro atoms. The highest BCUT2D eigenvalue weighted by molar-refractivity contribution is 6.13. The molecule has 90 valence electrons. The van der Waals surface area contributed by atoms with E-state index in [1.165, 1.54) is 5.57 Å². The second-order valence-corrected chi connectivity index (χ2v) is 5.74. The summed E-state index contributed by atoms with van der Waals surface area (Å²) in [6, 6.07) is 4.05. The summed E-state index contributed by atoms with van der Waals surface area (Å²) in [5, 5.41) is 0. The average Bonchev–Trinajstić information content (AvgIpc) is 2.29. The van der Waals surface area contributed by atoms with Crippen molar-refractivity contribution < 1.29 is 0 Å². The second kappa shape index (κ2) is 4.44. The van der Waals surface area contributed by atoms with Crippen molar-refractivity contribution >= 4 is 5.71 Å². The monoisotopic (exact) mass is 228 g/mol. The molecular formula is C15H20N2. The molecule has 0 saturated carbocycles. The smallest absolute Gasteiger partial charge is 0.0696 e. The molecule has 0 radical (unpaired) electrons. The van der Waals surface area contributed by atoms with Crippen molar-refractivity contribution in [3.63, 3.8) is 0 Å². The normalized spacial score (nSPS) is 20.8. The zero-order chi connectivity index (χ0) is 12.5. The SMILES string of the molecule is CC1C=C(C(C)(C)C)C(c2cccnc2)=NC1. The molecule has 1 aromatic heterocycles. The molecular weight excluding hydrogens is 208 g/mol. The highest BCUT2D eigenvalue weighted by Crippen LogP contribution is 2.32. The van der Waals surface area contributed by atoms with E-state index in [-0.39, 0.29) is 5.41 Å². The van der Waals surface area contributed by atoms with Gasteiger partial charge in [0.15, 0.2) is 0 Å². The molecule has 2 heterocycles. The Bertz CT molecular complexity index is 450. The second-order valence-electron chi connectivity index (χ2n) is 5.74. The lowest BCUT2D eigenvalue weighted by atomic mass is 9.79. The zero-order valence-electron chi connectivity index (χ0n) is 11.1. The molecule has 0 fully saturated rings. The van der Waals surface area contributed by atoms with Gasteiger partial charge in [0.25, 0.3) is 0 Å². The zero-order valence-corrected chi connectivity index (χ0v) is 11.1. The van der Waals surface area contributed by atoms with Gasteiger partial charge in [-0.15, -0.1) is 0 Å². The van der Waals surface area contributed by atoms with Gasteiger partial charge in [0.05, 0.1) is 5.71 Å². The van der Waals surface area contributed by atoms with E-state index in [0.717, 1.165) is 17.8 Å². The van der Waals surface area contributed by atoms with Gasteiger partial charge in [-0.1, -0.05) is 33.8 Å². The Balaban J connectivity index is 2.44.